The molecule has 1 aromatic rings. The van der Waals surface area contributed by atoms with Gasteiger partial charge in [0.1, 0.15) is 12.9 Å². The predicted octanol–water partition coefficient (Wildman–Crippen LogP) is -0.0926. The number of hydrogen-bond donors (Lipinski definition) is 1. The molecule has 0 amide bonds. The van der Waals surface area contributed by atoms with Crippen molar-refractivity contribution in [3.8, 4) is 5.88 Å². The second kappa shape index (κ2) is 5.21. The van der Waals surface area contributed by atoms with Crippen LogP contribution in [0.5, 0.6) is 5.88 Å². The highest BCUT2D eigenvalue weighted by atomic mass is 16.6. The van der Waals surface area contributed by atoms with Gasteiger partial charge in [-0.15, -0.1) is 0 Å². The molecule has 0 aliphatic rings. The van der Waals surface area contributed by atoms with Crippen LogP contribution in [0.1, 0.15) is 0 Å². The Bertz CT molecular complexity index is 382. The number of nitro groups is 1. The lowest BCUT2D eigenvalue weighted by Gasteiger charge is -2.10. The molecule has 0 spiro atoms. The fourth-order valence-electron chi connectivity index (χ4n) is 0.977. The maximum atomic E-state index is 10.7. The fraction of sp³-hybridized carbons (Fsp3) is 0.500. The second-order valence-electron chi connectivity index (χ2n) is 3.32. The minimum Gasteiger partial charge on any atom is -0.471 e. The number of nitrogens with two attached hydrogens (primary N) is 1. The van der Waals surface area contributed by atoms with Crippen LogP contribution in [0.25, 0.3) is 0 Å². The van der Waals surface area contributed by atoms with Gasteiger partial charge in [-0.1, -0.05) is 0 Å². The third-order valence-corrected chi connectivity index (χ3v) is 1.78. The molecule has 2 N–H and O–H groups in total. The summed E-state index contributed by atoms with van der Waals surface area (Å²) in [4.78, 5) is 19.2. The highest BCUT2D eigenvalue weighted by Crippen LogP contribution is 2.28. The first-order valence-electron chi connectivity index (χ1n) is 4.54. The molecule has 0 unspecified atom stereocenters. The van der Waals surface area contributed by atoms with Gasteiger partial charge in [-0.25, -0.2) is 4.98 Å². The van der Waals surface area contributed by atoms with Crippen LogP contribution in [0.15, 0.2) is 6.33 Å². The summed E-state index contributed by atoms with van der Waals surface area (Å²) < 4.78 is 5.18. The molecule has 0 bridgehead atoms. The van der Waals surface area contributed by atoms with Gasteiger partial charge in [-0.05, 0) is 14.1 Å². The molecule has 0 aliphatic heterocycles. The zero-order chi connectivity index (χ0) is 12.1. The maximum absolute atomic E-state index is 10.7. The SMILES string of the molecule is CN(C)CCOc1ncnc(N)c1[N+](=O)[O-]. The maximum Gasteiger partial charge on any atom is 0.372 e. The van der Waals surface area contributed by atoms with Gasteiger partial charge in [0.15, 0.2) is 0 Å². The quantitative estimate of drug-likeness (QED) is 0.553. The van der Waals surface area contributed by atoms with E-state index in [-0.39, 0.29) is 17.4 Å². The highest BCUT2D eigenvalue weighted by Gasteiger charge is 2.22. The van der Waals surface area contributed by atoms with E-state index in [9.17, 15) is 10.1 Å². The van der Waals surface area contributed by atoms with E-state index in [2.05, 4.69) is 9.97 Å². The lowest BCUT2D eigenvalue weighted by atomic mass is 10.4. The first kappa shape index (κ1) is 12.1. The lowest BCUT2D eigenvalue weighted by Crippen LogP contribution is -2.20. The minimum absolute atomic E-state index is 0.0978. The Morgan fingerprint density at radius 3 is 2.81 bits per heavy atom. The lowest BCUT2D eigenvalue weighted by molar-refractivity contribution is -0.385. The molecule has 16 heavy (non-hydrogen) atoms. The van der Waals surface area contributed by atoms with Crippen molar-refractivity contribution < 1.29 is 9.66 Å². The Morgan fingerprint density at radius 2 is 2.25 bits per heavy atom. The van der Waals surface area contributed by atoms with Crippen LogP contribution < -0.4 is 10.5 Å². The zero-order valence-corrected chi connectivity index (χ0v) is 9.08. The van der Waals surface area contributed by atoms with Gasteiger partial charge in [-0.2, -0.15) is 4.98 Å². The van der Waals surface area contributed by atoms with Crippen LogP contribution in [0.3, 0.4) is 0 Å². The van der Waals surface area contributed by atoms with Crippen LogP contribution in [0.4, 0.5) is 11.5 Å². The standard InChI is InChI=1S/C8H13N5O3/c1-12(2)3-4-16-8-6(13(14)15)7(9)10-5-11-8/h5H,3-4H2,1-2H3,(H2,9,10,11). The molecule has 0 radical (unpaired) electrons. The normalized spacial score (nSPS) is 10.4. The van der Waals surface area contributed by atoms with Crippen LogP contribution in [0.2, 0.25) is 0 Å². The third-order valence-electron chi connectivity index (χ3n) is 1.78. The van der Waals surface area contributed by atoms with Gasteiger partial charge in [0, 0.05) is 6.54 Å². The molecule has 0 fully saturated rings. The van der Waals surface area contributed by atoms with Gasteiger partial charge in [-0.3, -0.25) is 10.1 Å². The Labute approximate surface area is 92.2 Å². The number of aromatic nitrogens is 2. The van der Waals surface area contributed by atoms with Gasteiger partial charge in [0.2, 0.25) is 5.82 Å². The predicted molar refractivity (Wildman–Crippen MR) is 57.1 cm³/mol. The highest BCUT2D eigenvalue weighted by molar-refractivity contribution is 5.57. The van der Waals surface area contributed by atoms with Crippen molar-refractivity contribution in [3.63, 3.8) is 0 Å². The van der Waals surface area contributed by atoms with E-state index in [1.54, 1.807) is 0 Å². The van der Waals surface area contributed by atoms with E-state index < -0.39 is 4.92 Å². The summed E-state index contributed by atoms with van der Waals surface area (Å²) in [5, 5.41) is 10.7. The van der Waals surface area contributed by atoms with Crippen molar-refractivity contribution in [2.75, 3.05) is 33.0 Å². The molecule has 1 heterocycles. The van der Waals surface area contributed by atoms with E-state index >= 15 is 0 Å². The topological polar surface area (TPSA) is 107 Å². The second-order valence-corrected chi connectivity index (χ2v) is 3.32. The van der Waals surface area contributed by atoms with Crippen LogP contribution >= 0.6 is 0 Å². The molecular formula is C8H13N5O3. The van der Waals surface area contributed by atoms with Crippen molar-refractivity contribution in [2.24, 2.45) is 0 Å². The number of ether oxygens (including phenoxy) is 1. The molecular weight excluding hydrogens is 214 g/mol. The van der Waals surface area contributed by atoms with Crippen molar-refractivity contribution in [1.29, 1.82) is 0 Å². The summed E-state index contributed by atoms with van der Waals surface area (Å²) >= 11 is 0. The van der Waals surface area contributed by atoms with Crippen molar-refractivity contribution >= 4 is 11.5 Å². The Kier molecular flexibility index (Phi) is 3.95. The average Bonchev–Trinajstić information content (AvgIpc) is 2.16. The molecule has 8 nitrogen and oxygen atoms in total. The number of nitrogen functional groups attached to an aromatic ring is 1. The molecule has 0 aromatic carbocycles. The van der Waals surface area contributed by atoms with Crippen LogP contribution in [-0.2, 0) is 0 Å². The van der Waals surface area contributed by atoms with Crippen LogP contribution in [-0.4, -0.2) is 47.0 Å². The zero-order valence-electron chi connectivity index (χ0n) is 9.08. The largest absolute Gasteiger partial charge is 0.471 e. The number of rotatable bonds is 5. The van der Waals surface area contributed by atoms with E-state index in [1.807, 2.05) is 19.0 Å². The number of nitrogens with zero attached hydrogens (tertiary/aromatic N) is 4. The number of likely N-dealkylation sites (N-methyl/N-ethyl adjacent to an activating group) is 1. The van der Waals surface area contributed by atoms with Gasteiger partial charge in [0.25, 0.3) is 5.88 Å². The first-order chi connectivity index (χ1) is 7.52. The molecule has 8 heteroatoms. The fourth-order valence-corrected chi connectivity index (χ4v) is 0.977. The number of hydrogen-bond acceptors (Lipinski definition) is 7. The Balaban J connectivity index is 2.79. The third kappa shape index (κ3) is 3.02. The molecule has 88 valence electrons. The summed E-state index contributed by atoms with van der Waals surface area (Å²) in [6.07, 6.45) is 1.13. The van der Waals surface area contributed by atoms with Gasteiger partial charge >= 0.3 is 5.69 Å². The van der Waals surface area contributed by atoms with E-state index in [0.717, 1.165) is 6.33 Å². The van der Waals surface area contributed by atoms with E-state index in [1.165, 1.54) is 0 Å². The molecule has 1 rings (SSSR count). The Hall–Kier alpha value is -1.96. The van der Waals surface area contributed by atoms with Crippen molar-refractivity contribution in [3.05, 3.63) is 16.4 Å². The molecule has 0 saturated carbocycles. The summed E-state index contributed by atoms with van der Waals surface area (Å²) in [5.74, 6) is -0.292. The summed E-state index contributed by atoms with van der Waals surface area (Å²) in [7, 11) is 3.73. The van der Waals surface area contributed by atoms with E-state index in [4.69, 9.17) is 10.5 Å². The first-order valence-corrected chi connectivity index (χ1v) is 4.54. The molecule has 0 saturated heterocycles. The minimum atomic E-state index is -0.652. The Morgan fingerprint density at radius 1 is 1.56 bits per heavy atom. The van der Waals surface area contributed by atoms with Crippen molar-refractivity contribution in [1.82, 2.24) is 14.9 Å². The molecule has 1 aromatic heterocycles. The molecule has 0 atom stereocenters. The smallest absolute Gasteiger partial charge is 0.372 e. The molecule has 0 aliphatic carbocycles. The summed E-state index contributed by atoms with van der Waals surface area (Å²) in [6.45, 7) is 0.922. The average molecular weight is 227 g/mol. The monoisotopic (exact) mass is 227 g/mol. The summed E-state index contributed by atoms with van der Waals surface area (Å²) in [6, 6.07) is 0. The van der Waals surface area contributed by atoms with Gasteiger partial charge < -0.3 is 15.4 Å². The van der Waals surface area contributed by atoms with Gasteiger partial charge in [0.05, 0.1) is 4.92 Å². The van der Waals surface area contributed by atoms with Crippen molar-refractivity contribution in [2.45, 2.75) is 0 Å². The summed E-state index contributed by atoms with van der Waals surface area (Å²) in [5.41, 5.74) is 4.98. The number of anilines is 1. The van der Waals surface area contributed by atoms with Crippen LogP contribution in [0, 0.1) is 10.1 Å². The van der Waals surface area contributed by atoms with E-state index in [0.29, 0.717) is 13.2 Å².